The number of aromatic nitrogens is 5. The second-order valence-corrected chi connectivity index (χ2v) is 15.7. The summed E-state index contributed by atoms with van der Waals surface area (Å²) >= 11 is 0. The molecule has 0 amide bonds. The van der Waals surface area contributed by atoms with Gasteiger partial charge in [-0.1, -0.05) is 164 Å². The lowest BCUT2D eigenvalue weighted by atomic mass is 10.0. The third-order valence-electron chi connectivity index (χ3n) is 12.0. The molecule has 62 heavy (non-hydrogen) atoms. The van der Waals surface area contributed by atoms with Crippen molar-refractivity contribution >= 4 is 43.6 Å². The molecule has 5 nitrogen and oxygen atoms in total. The van der Waals surface area contributed by atoms with E-state index in [0.717, 1.165) is 39.1 Å². The summed E-state index contributed by atoms with van der Waals surface area (Å²) in [5.74, 6) is 1.91. The van der Waals surface area contributed by atoms with Crippen molar-refractivity contribution in [2.45, 2.75) is 0 Å². The number of para-hydroxylation sites is 2. The summed E-state index contributed by atoms with van der Waals surface area (Å²) in [5.41, 5.74) is 14.4. The van der Waals surface area contributed by atoms with E-state index in [0.29, 0.717) is 17.5 Å². The first-order valence-corrected chi connectivity index (χ1v) is 20.9. The van der Waals surface area contributed by atoms with Crippen molar-refractivity contribution in [3.05, 3.63) is 224 Å². The molecule has 0 N–H and O–H groups in total. The van der Waals surface area contributed by atoms with E-state index in [1.54, 1.807) is 0 Å². The first-order chi connectivity index (χ1) is 30.7. The Hall–Kier alpha value is -8.41. The predicted octanol–water partition coefficient (Wildman–Crippen LogP) is 14.4. The van der Waals surface area contributed by atoms with E-state index in [9.17, 15) is 0 Å². The predicted molar refractivity (Wildman–Crippen MR) is 256 cm³/mol. The number of benzene rings is 9. The highest BCUT2D eigenvalue weighted by molar-refractivity contribution is 6.12. The van der Waals surface area contributed by atoms with Crippen molar-refractivity contribution in [2.75, 3.05) is 0 Å². The molecular formula is C57H37N5. The average Bonchev–Trinajstić information content (AvgIpc) is 3.87. The van der Waals surface area contributed by atoms with Crippen molar-refractivity contribution in [3.8, 4) is 67.8 Å². The molecule has 9 aromatic carbocycles. The van der Waals surface area contributed by atoms with Gasteiger partial charge >= 0.3 is 0 Å². The molecule has 12 aromatic rings. The van der Waals surface area contributed by atoms with Crippen molar-refractivity contribution in [2.24, 2.45) is 0 Å². The lowest BCUT2D eigenvalue weighted by molar-refractivity contribution is 1.07. The van der Waals surface area contributed by atoms with E-state index in [2.05, 4.69) is 173 Å². The van der Waals surface area contributed by atoms with Crippen LogP contribution >= 0.6 is 0 Å². The third-order valence-corrected chi connectivity index (χ3v) is 12.0. The summed E-state index contributed by atoms with van der Waals surface area (Å²) in [5, 5.41) is 4.86. The van der Waals surface area contributed by atoms with Gasteiger partial charge in [-0.05, 0) is 82.9 Å². The minimum Gasteiger partial charge on any atom is -0.309 e. The van der Waals surface area contributed by atoms with E-state index in [1.807, 2.05) is 60.7 Å². The second kappa shape index (κ2) is 14.7. The summed E-state index contributed by atoms with van der Waals surface area (Å²) < 4.78 is 4.75. The Morgan fingerprint density at radius 1 is 0.226 bits per heavy atom. The van der Waals surface area contributed by atoms with Crippen molar-refractivity contribution in [1.82, 2.24) is 24.1 Å². The Labute approximate surface area is 358 Å². The smallest absolute Gasteiger partial charge is 0.164 e. The quantitative estimate of drug-likeness (QED) is 0.162. The molecule has 0 saturated heterocycles. The monoisotopic (exact) mass is 791 g/mol. The minimum atomic E-state index is 0.628. The number of rotatable bonds is 7. The van der Waals surface area contributed by atoms with Gasteiger partial charge in [0.1, 0.15) is 0 Å². The maximum Gasteiger partial charge on any atom is 0.164 e. The molecule has 12 rings (SSSR count). The third kappa shape index (κ3) is 6.06. The zero-order valence-corrected chi connectivity index (χ0v) is 33.6. The Morgan fingerprint density at radius 3 is 1.08 bits per heavy atom. The summed E-state index contributed by atoms with van der Waals surface area (Å²) in [6, 6.07) is 79.4. The van der Waals surface area contributed by atoms with E-state index in [1.165, 1.54) is 54.8 Å². The zero-order chi connectivity index (χ0) is 41.0. The molecule has 0 fully saturated rings. The molecule has 0 unspecified atom stereocenters. The first-order valence-electron chi connectivity index (χ1n) is 20.9. The molecular weight excluding hydrogens is 755 g/mol. The van der Waals surface area contributed by atoms with Crippen LogP contribution < -0.4 is 0 Å². The number of nitrogens with zero attached hydrogens (tertiary/aromatic N) is 5. The van der Waals surface area contributed by atoms with Crippen molar-refractivity contribution in [1.29, 1.82) is 0 Å². The van der Waals surface area contributed by atoms with Gasteiger partial charge in [0.25, 0.3) is 0 Å². The van der Waals surface area contributed by atoms with Gasteiger partial charge in [0.05, 0.1) is 22.1 Å². The molecule has 0 bridgehead atoms. The highest BCUT2D eigenvalue weighted by Gasteiger charge is 2.18. The lowest BCUT2D eigenvalue weighted by Gasteiger charge is -2.12. The Balaban J connectivity index is 0.970. The van der Waals surface area contributed by atoms with Crippen LogP contribution in [0.15, 0.2) is 224 Å². The molecule has 0 aliphatic heterocycles. The fourth-order valence-electron chi connectivity index (χ4n) is 9.04. The topological polar surface area (TPSA) is 48.5 Å². The van der Waals surface area contributed by atoms with Crippen LogP contribution in [0.5, 0.6) is 0 Å². The highest BCUT2D eigenvalue weighted by atomic mass is 15.0. The maximum absolute atomic E-state index is 5.03. The van der Waals surface area contributed by atoms with Gasteiger partial charge in [-0.15, -0.1) is 0 Å². The zero-order valence-electron chi connectivity index (χ0n) is 33.6. The van der Waals surface area contributed by atoms with Gasteiger partial charge in [0.2, 0.25) is 0 Å². The number of hydrogen-bond donors (Lipinski definition) is 0. The van der Waals surface area contributed by atoms with Crippen LogP contribution in [-0.4, -0.2) is 24.1 Å². The molecule has 290 valence electrons. The molecule has 0 radical (unpaired) electrons. The van der Waals surface area contributed by atoms with Gasteiger partial charge in [-0.3, -0.25) is 0 Å². The molecule has 0 spiro atoms. The van der Waals surface area contributed by atoms with E-state index < -0.39 is 0 Å². The summed E-state index contributed by atoms with van der Waals surface area (Å²) in [6.45, 7) is 0. The number of hydrogen-bond acceptors (Lipinski definition) is 3. The SMILES string of the molecule is c1ccc(-c2cccc(-n3c4ccccc4c4cc(-c5ccc6c(c5)c5ccccc5n6-c5cccc(-c6nc(-c7ccccc7)nc(-c7ccccc7)n6)c5)ccc43)c2)cc1. The van der Waals surface area contributed by atoms with Gasteiger partial charge in [-0.2, -0.15) is 0 Å². The highest BCUT2D eigenvalue weighted by Crippen LogP contribution is 2.39. The molecule has 0 aliphatic carbocycles. The Kier molecular flexibility index (Phi) is 8.42. The molecule has 0 aliphatic rings. The molecule has 0 saturated carbocycles. The van der Waals surface area contributed by atoms with Crippen LogP contribution in [0.1, 0.15) is 0 Å². The van der Waals surface area contributed by atoms with Crippen LogP contribution in [0.4, 0.5) is 0 Å². The van der Waals surface area contributed by atoms with E-state index in [-0.39, 0.29) is 0 Å². The fraction of sp³-hybridized carbons (Fsp3) is 0. The average molecular weight is 792 g/mol. The van der Waals surface area contributed by atoms with Crippen LogP contribution in [0, 0.1) is 0 Å². The van der Waals surface area contributed by atoms with Crippen molar-refractivity contribution in [3.63, 3.8) is 0 Å². The maximum atomic E-state index is 5.03. The normalized spacial score (nSPS) is 11.5. The summed E-state index contributed by atoms with van der Waals surface area (Å²) in [4.78, 5) is 15.0. The van der Waals surface area contributed by atoms with Crippen LogP contribution in [0.3, 0.4) is 0 Å². The standard InChI is InChI=1S/C57H37N5/c1-4-16-38(17-5-1)41-22-14-24-45(34-41)61-51-28-12-10-26-47(51)49-36-42(30-32-53(49)61)43-31-33-54-50(37-43)48-27-11-13-29-52(48)62(54)46-25-15-23-44(35-46)57-59-55(39-18-6-2-7-19-39)58-56(60-57)40-20-8-3-9-21-40/h1-37H. The lowest BCUT2D eigenvalue weighted by Crippen LogP contribution is -2.01. The van der Waals surface area contributed by atoms with Gasteiger partial charge in [0, 0.05) is 49.6 Å². The molecule has 5 heteroatoms. The summed E-state index contributed by atoms with van der Waals surface area (Å²) in [7, 11) is 0. The molecule has 0 atom stereocenters. The Morgan fingerprint density at radius 2 is 0.581 bits per heavy atom. The van der Waals surface area contributed by atoms with Crippen molar-refractivity contribution < 1.29 is 0 Å². The second-order valence-electron chi connectivity index (χ2n) is 15.7. The van der Waals surface area contributed by atoms with E-state index in [4.69, 9.17) is 15.0 Å². The van der Waals surface area contributed by atoms with Crippen LogP contribution in [-0.2, 0) is 0 Å². The first kappa shape index (κ1) is 35.5. The number of fused-ring (bicyclic) bond motifs is 6. The largest absolute Gasteiger partial charge is 0.309 e. The molecule has 3 aromatic heterocycles. The van der Waals surface area contributed by atoms with Crippen LogP contribution in [0.25, 0.3) is 111 Å². The minimum absolute atomic E-state index is 0.628. The van der Waals surface area contributed by atoms with Gasteiger partial charge in [-0.25, -0.2) is 15.0 Å². The van der Waals surface area contributed by atoms with Gasteiger partial charge < -0.3 is 9.13 Å². The fourth-order valence-corrected chi connectivity index (χ4v) is 9.04. The summed E-state index contributed by atoms with van der Waals surface area (Å²) in [6.07, 6.45) is 0. The molecule has 3 heterocycles. The van der Waals surface area contributed by atoms with Gasteiger partial charge in [0.15, 0.2) is 17.5 Å². The van der Waals surface area contributed by atoms with Crippen LogP contribution in [0.2, 0.25) is 0 Å². The van der Waals surface area contributed by atoms with E-state index >= 15 is 0 Å². The Bertz CT molecular complexity index is 3570.